The van der Waals surface area contributed by atoms with Crippen LogP contribution in [0.25, 0.3) is 0 Å². The molecule has 3 heterocycles. The Balaban J connectivity index is 1.86. The lowest BCUT2D eigenvalue weighted by atomic mass is 9.70. The molecule has 2 unspecified atom stereocenters. The second-order valence-electron chi connectivity index (χ2n) is 10.7. The highest BCUT2D eigenvalue weighted by molar-refractivity contribution is 6.05. The van der Waals surface area contributed by atoms with Crippen molar-refractivity contribution in [1.29, 1.82) is 0 Å². The number of ether oxygens (including phenoxy) is 2. The highest BCUT2D eigenvalue weighted by Gasteiger charge is 2.75. The lowest BCUT2D eigenvalue weighted by molar-refractivity contribution is -0.155. The highest BCUT2D eigenvalue weighted by Crippen LogP contribution is 2.59. The molecular weight excluding hydrogens is 472 g/mol. The summed E-state index contributed by atoms with van der Waals surface area (Å²) in [6, 6.07) is 4.36. The van der Waals surface area contributed by atoms with Gasteiger partial charge in [-0.1, -0.05) is 38.5 Å². The first-order chi connectivity index (χ1) is 17.7. The van der Waals surface area contributed by atoms with E-state index in [9.17, 15) is 19.5 Å². The minimum Gasteiger partial charge on any atom is -0.466 e. The molecule has 3 fully saturated rings. The van der Waals surface area contributed by atoms with Gasteiger partial charge in [-0.05, 0) is 56.7 Å². The number of hydrogen-bond donors (Lipinski definition) is 1. The Hall–Kier alpha value is -2.71. The van der Waals surface area contributed by atoms with Crippen molar-refractivity contribution in [3.05, 3.63) is 42.0 Å². The molecule has 3 aliphatic rings. The van der Waals surface area contributed by atoms with E-state index in [0.717, 1.165) is 16.8 Å². The molecule has 0 aromatic heterocycles. The summed E-state index contributed by atoms with van der Waals surface area (Å²) in [5.41, 5.74) is 1.53. The van der Waals surface area contributed by atoms with Crippen molar-refractivity contribution < 1.29 is 29.0 Å². The van der Waals surface area contributed by atoms with E-state index in [2.05, 4.69) is 6.58 Å². The number of nitrogens with zero attached hydrogens (tertiary/aromatic N) is 2. The Morgan fingerprint density at radius 1 is 1.35 bits per heavy atom. The van der Waals surface area contributed by atoms with Gasteiger partial charge in [-0.25, -0.2) is 0 Å². The van der Waals surface area contributed by atoms with E-state index in [-0.39, 0.29) is 37.5 Å². The number of likely N-dealkylation sites (tertiary alicyclic amines) is 1. The van der Waals surface area contributed by atoms with Crippen LogP contribution < -0.4 is 4.90 Å². The summed E-state index contributed by atoms with van der Waals surface area (Å²) in [4.78, 5) is 45.1. The molecule has 37 heavy (non-hydrogen) atoms. The van der Waals surface area contributed by atoms with Crippen LogP contribution >= 0.6 is 0 Å². The Bertz CT molecular complexity index is 1070. The molecule has 0 radical (unpaired) electrons. The number of fused-ring (bicyclic) bond motifs is 1. The molecule has 0 saturated carbocycles. The van der Waals surface area contributed by atoms with Crippen molar-refractivity contribution in [3.63, 3.8) is 0 Å². The quantitative estimate of drug-likeness (QED) is 0.382. The number of anilines is 1. The van der Waals surface area contributed by atoms with Gasteiger partial charge in [-0.15, -0.1) is 6.58 Å². The van der Waals surface area contributed by atoms with Crippen LogP contribution in [0.5, 0.6) is 0 Å². The Morgan fingerprint density at radius 3 is 2.70 bits per heavy atom. The average molecular weight is 513 g/mol. The van der Waals surface area contributed by atoms with Crippen LogP contribution in [0.1, 0.15) is 51.2 Å². The molecule has 7 atom stereocenters. The van der Waals surface area contributed by atoms with E-state index in [1.165, 1.54) is 0 Å². The SMILES string of the molecule is C=CCN(C(=O)C1N([C@@H](CO)[C@@H](C)CC)C(=O)[C@@H]2[C@H](C(=O)OCC)[C@@H]3CCC12O3)c1cc(C)ccc1C. The van der Waals surface area contributed by atoms with Gasteiger partial charge in [-0.2, -0.15) is 0 Å². The topological polar surface area (TPSA) is 96.4 Å². The summed E-state index contributed by atoms with van der Waals surface area (Å²) in [5, 5.41) is 10.5. The molecular formula is C29H40N2O6. The van der Waals surface area contributed by atoms with E-state index in [1.807, 2.05) is 45.9 Å². The molecule has 8 heteroatoms. The smallest absolute Gasteiger partial charge is 0.312 e. The zero-order valence-electron chi connectivity index (χ0n) is 22.6. The number of carbonyl (C=O) groups is 3. The van der Waals surface area contributed by atoms with Crippen LogP contribution in [-0.2, 0) is 23.9 Å². The van der Waals surface area contributed by atoms with Gasteiger partial charge in [0, 0.05) is 12.2 Å². The van der Waals surface area contributed by atoms with Crippen molar-refractivity contribution in [3.8, 4) is 0 Å². The summed E-state index contributed by atoms with van der Waals surface area (Å²) >= 11 is 0. The first-order valence-electron chi connectivity index (χ1n) is 13.4. The molecule has 2 bridgehead atoms. The maximum atomic E-state index is 14.6. The number of aliphatic hydroxyl groups excluding tert-OH is 1. The number of esters is 1. The second-order valence-corrected chi connectivity index (χ2v) is 10.7. The maximum Gasteiger partial charge on any atom is 0.312 e. The first kappa shape index (κ1) is 27.3. The van der Waals surface area contributed by atoms with Crippen LogP contribution in [-0.4, -0.2) is 71.3 Å². The number of hydrogen-bond acceptors (Lipinski definition) is 6. The van der Waals surface area contributed by atoms with Crippen molar-refractivity contribution in [1.82, 2.24) is 4.90 Å². The summed E-state index contributed by atoms with van der Waals surface area (Å²) in [6.45, 7) is 13.7. The minimum absolute atomic E-state index is 0.0636. The molecule has 4 rings (SSSR count). The molecule has 3 aliphatic heterocycles. The van der Waals surface area contributed by atoms with Gasteiger partial charge in [0.1, 0.15) is 11.6 Å². The molecule has 1 spiro atoms. The monoisotopic (exact) mass is 512 g/mol. The molecule has 1 aromatic rings. The fourth-order valence-electron chi connectivity index (χ4n) is 6.64. The van der Waals surface area contributed by atoms with Gasteiger partial charge >= 0.3 is 5.97 Å². The van der Waals surface area contributed by atoms with Crippen molar-refractivity contribution in [2.45, 2.75) is 77.7 Å². The molecule has 202 valence electrons. The lowest BCUT2D eigenvalue weighted by Gasteiger charge is -2.41. The van der Waals surface area contributed by atoms with Gasteiger partial charge in [0.05, 0.1) is 37.2 Å². The predicted molar refractivity (Wildman–Crippen MR) is 140 cm³/mol. The fourth-order valence-corrected chi connectivity index (χ4v) is 6.64. The zero-order valence-corrected chi connectivity index (χ0v) is 22.6. The van der Waals surface area contributed by atoms with Gasteiger partial charge < -0.3 is 24.4 Å². The van der Waals surface area contributed by atoms with Crippen molar-refractivity contribution in [2.24, 2.45) is 17.8 Å². The number of benzene rings is 1. The third-order valence-corrected chi connectivity index (χ3v) is 8.61. The summed E-state index contributed by atoms with van der Waals surface area (Å²) in [6.07, 6.45) is 2.98. The Kier molecular flexibility index (Phi) is 7.81. The van der Waals surface area contributed by atoms with Crippen LogP contribution in [0.3, 0.4) is 0 Å². The normalized spacial score (nSPS) is 29.7. The predicted octanol–water partition coefficient (Wildman–Crippen LogP) is 3.17. The molecule has 0 aliphatic carbocycles. The standard InChI is InChI=1S/C29H40N2O6/c1-7-14-30(20-15-17(4)10-11-19(20)6)27(34)25-29-13-12-22(37-29)23(28(35)36-9-3)24(29)26(33)31(25)21(16-32)18(5)8-2/h7,10-11,15,18,21-25,32H,1,8-9,12-14,16H2,2-6H3/t18-,21-,22-,23+,24-,25?,29?/m0/s1. The maximum absolute atomic E-state index is 14.6. The van der Waals surface area contributed by atoms with E-state index in [0.29, 0.717) is 19.3 Å². The average Bonchev–Trinajstić information content (AvgIpc) is 3.52. The number of aryl methyl sites for hydroxylation is 2. The second kappa shape index (κ2) is 10.6. The van der Waals surface area contributed by atoms with E-state index < -0.39 is 41.6 Å². The summed E-state index contributed by atoms with van der Waals surface area (Å²) < 4.78 is 11.9. The number of carbonyl (C=O) groups excluding carboxylic acids is 3. The minimum atomic E-state index is -1.14. The van der Waals surface area contributed by atoms with Crippen LogP contribution in [0.4, 0.5) is 5.69 Å². The molecule has 2 amide bonds. The van der Waals surface area contributed by atoms with E-state index >= 15 is 0 Å². The molecule has 8 nitrogen and oxygen atoms in total. The fraction of sp³-hybridized carbons (Fsp3) is 0.621. The Morgan fingerprint density at radius 2 is 2.08 bits per heavy atom. The highest BCUT2D eigenvalue weighted by atomic mass is 16.6. The van der Waals surface area contributed by atoms with Gasteiger partial charge in [-0.3, -0.25) is 14.4 Å². The summed E-state index contributed by atoms with van der Waals surface area (Å²) in [7, 11) is 0. The number of amides is 2. The Labute approximate surface area is 219 Å². The van der Waals surface area contributed by atoms with Gasteiger partial charge in [0.25, 0.3) is 5.91 Å². The van der Waals surface area contributed by atoms with Gasteiger partial charge in [0.15, 0.2) is 0 Å². The van der Waals surface area contributed by atoms with E-state index in [4.69, 9.17) is 9.47 Å². The van der Waals surface area contributed by atoms with Crippen LogP contribution in [0.2, 0.25) is 0 Å². The zero-order chi connectivity index (χ0) is 27.1. The van der Waals surface area contributed by atoms with Crippen molar-refractivity contribution >= 4 is 23.5 Å². The lowest BCUT2D eigenvalue weighted by Crippen LogP contribution is -2.60. The third kappa shape index (κ3) is 4.28. The van der Waals surface area contributed by atoms with Crippen LogP contribution in [0.15, 0.2) is 30.9 Å². The number of rotatable bonds is 10. The number of aliphatic hydroxyl groups is 1. The first-order valence-corrected chi connectivity index (χ1v) is 13.4. The van der Waals surface area contributed by atoms with E-state index in [1.54, 1.807) is 22.8 Å². The molecule has 3 saturated heterocycles. The largest absolute Gasteiger partial charge is 0.466 e. The van der Waals surface area contributed by atoms with Crippen LogP contribution in [0, 0.1) is 31.6 Å². The van der Waals surface area contributed by atoms with Crippen molar-refractivity contribution in [2.75, 3.05) is 24.7 Å². The van der Waals surface area contributed by atoms with Gasteiger partial charge in [0.2, 0.25) is 5.91 Å². The molecule has 1 aromatic carbocycles. The molecule has 1 N–H and O–H groups in total. The third-order valence-electron chi connectivity index (χ3n) is 8.61. The summed E-state index contributed by atoms with van der Waals surface area (Å²) in [5.74, 6) is -2.69.